The SMILES string of the molecule is Cc1cccc(C(=O)Nc2c(Cl)cc(F)cc2Br)c1Br. The van der Waals surface area contributed by atoms with E-state index in [-0.39, 0.29) is 10.9 Å². The summed E-state index contributed by atoms with van der Waals surface area (Å²) in [6, 6.07) is 7.76. The van der Waals surface area contributed by atoms with E-state index in [1.165, 1.54) is 6.07 Å². The van der Waals surface area contributed by atoms with E-state index in [4.69, 9.17) is 11.6 Å². The number of nitrogens with one attached hydrogen (secondary N) is 1. The highest BCUT2D eigenvalue weighted by Gasteiger charge is 2.15. The molecule has 0 saturated heterocycles. The van der Waals surface area contributed by atoms with Crippen molar-refractivity contribution in [2.24, 2.45) is 0 Å². The van der Waals surface area contributed by atoms with Gasteiger partial charge in [0.25, 0.3) is 5.91 Å². The number of benzene rings is 2. The van der Waals surface area contributed by atoms with E-state index in [2.05, 4.69) is 37.2 Å². The fraction of sp³-hybridized carbons (Fsp3) is 0.0714. The van der Waals surface area contributed by atoms with E-state index in [1.54, 1.807) is 12.1 Å². The second-order valence-electron chi connectivity index (χ2n) is 4.14. The molecule has 0 spiro atoms. The number of hydrogen-bond donors (Lipinski definition) is 1. The smallest absolute Gasteiger partial charge is 0.256 e. The monoisotopic (exact) mass is 419 g/mol. The lowest BCUT2D eigenvalue weighted by Crippen LogP contribution is -2.13. The molecule has 0 bridgehead atoms. The first-order valence-corrected chi connectivity index (χ1v) is 7.57. The molecule has 0 fully saturated rings. The Morgan fingerprint density at radius 3 is 2.65 bits per heavy atom. The van der Waals surface area contributed by atoms with Gasteiger partial charge in [0.2, 0.25) is 0 Å². The Labute approximate surface area is 137 Å². The van der Waals surface area contributed by atoms with Crippen LogP contribution in [0.3, 0.4) is 0 Å². The second-order valence-corrected chi connectivity index (χ2v) is 6.19. The largest absolute Gasteiger partial charge is 0.320 e. The molecule has 0 aliphatic carbocycles. The average Bonchev–Trinajstić information content (AvgIpc) is 2.36. The molecule has 0 aliphatic heterocycles. The minimum absolute atomic E-state index is 0.133. The highest BCUT2D eigenvalue weighted by molar-refractivity contribution is 9.11. The lowest BCUT2D eigenvalue weighted by atomic mass is 10.1. The first kappa shape index (κ1) is 15.5. The Morgan fingerprint density at radius 1 is 1.30 bits per heavy atom. The molecule has 6 heteroatoms. The first-order valence-electron chi connectivity index (χ1n) is 5.61. The Morgan fingerprint density at radius 2 is 2.00 bits per heavy atom. The summed E-state index contributed by atoms with van der Waals surface area (Å²) in [7, 11) is 0. The lowest BCUT2D eigenvalue weighted by Gasteiger charge is -2.11. The van der Waals surface area contributed by atoms with Gasteiger partial charge in [0.15, 0.2) is 0 Å². The lowest BCUT2D eigenvalue weighted by molar-refractivity contribution is 0.102. The molecule has 0 saturated carbocycles. The van der Waals surface area contributed by atoms with Crippen molar-refractivity contribution in [1.82, 2.24) is 0 Å². The fourth-order valence-electron chi connectivity index (χ4n) is 1.67. The minimum Gasteiger partial charge on any atom is -0.320 e. The van der Waals surface area contributed by atoms with Gasteiger partial charge in [-0.05, 0) is 62.5 Å². The topological polar surface area (TPSA) is 29.1 Å². The average molecular weight is 421 g/mol. The van der Waals surface area contributed by atoms with Crippen molar-refractivity contribution in [3.05, 3.63) is 61.2 Å². The molecule has 0 atom stereocenters. The predicted octanol–water partition coefficient (Wildman–Crippen LogP) is 5.56. The zero-order valence-electron chi connectivity index (χ0n) is 10.3. The normalized spacial score (nSPS) is 10.4. The summed E-state index contributed by atoms with van der Waals surface area (Å²) >= 11 is 12.5. The van der Waals surface area contributed by atoms with Crippen LogP contribution in [0.25, 0.3) is 0 Å². The van der Waals surface area contributed by atoms with Crippen LogP contribution in [0.5, 0.6) is 0 Å². The molecule has 2 aromatic rings. The number of hydrogen-bond acceptors (Lipinski definition) is 1. The summed E-state index contributed by atoms with van der Waals surface area (Å²) in [6.07, 6.45) is 0. The van der Waals surface area contributed by atoms with Crippen molar-refractivity contribution < 1.29 is 9.18 Å². The quantitative estimate of drug-likeness (QED) is 0.675. The van der Waals surface area contributed by atoms with Gasteiger partial charge in [-0.1, -0.05) is 23.7 Å². The van der Waals surface area contributed by atoms with Gasteiger partial charge in [-0.2, -0.15) is 0 Å². The van der Waals surface area contributed by atoms with Crippen molar-refractivity contribution in [2.75, 3.05) is 5.32 Å². The Balaban J connectivity index is 2.36. The van der Waals surface area contributed by atoms with Crippen LogP contribution in [-0.2, 0) is 0 Å². The van der Waals surface area contributed by atoms with Crippen molar-refractivity contribution in [2.45, 2.75) is 6.92 Å². The molecule has 2 aromatic carbocycles. The van der Waals surface area contributed by atoms with Crippen molar-refractivity contribution in [3.8, 4) is 0 Å². The van der Waals surface area contributed by atoms with E-state index in [0.717, 1.165) is 11.6 Å². The molecular weight excluding hydrogens is 412 g/mol. The maximum Gasteiger partial charge on any atom is 0.256 e. The number of aryl methyl sites for hydroxylation is 1. The van der Waals surface area contributed by atoms with Gasteiger partial charge in [-0.25, -0.2) is 4.39 Å². The molecule has 0 aromatic heterocycles. The fourth-order valence-corrected chi connectivity index (χ4v) is 3.01. The number of anilines is 1. The zero-order valence-corrected chi connectivity index (χ0v) is 14.2. The third-order valence-corrected chi connectivity index (χ3v) is 4.66. The Bertz CT molecular complexity index is 668. The van der Waals surface area contributed by atoms with Crippen LogP contribution < -0.4 is 5.32 Å². The molecular formula is C14H9Br2ClFNO. The van der Waals surface area contributed by atoms with Crippen LogP contribution in [0, 0.1) is 12.7 Å². The molecule has 1 N–H and O–H groups in total. The van der Waals surface area contributed by atoms with Crippen LogP contribution >= 0.6 is 43.5 Å². The maximum atomic E-state index is 13.2. The summed E-state index contributed by atoms with van der Waals surface area (Å²) in [5.41, 5.74) is 1.77. The van der Waals surface area contributed by atoms with Crippen LogP contribution in [0.15, 0.2) is 39.3 Å². The van der Waals surface area contributed by atoms with Gasteiger partial charge in [-0.3, -0.25) is 4.79 Å². The van der Waals surface area contributed by atoms with E-state index in [1.807, 2.05) is 13.0 Å². The van der Waals surface area contributed by atoms with Gasteiger partial charge in [0.05, 0.1) is 16.3 Å². The predicted molar refractivity (Wildman–Crippen MR) is 85.9 cm³/mol. The molecule has 0 aliphatic rings. The molecule has 2 rings (SSSR count). The van der Waals surface area contributed by atoms with Gasteiger partial charge < -0.3 is 5.32 Å². The van der Waals surface area contributed by atoms with Crippen LogP contribution in [0.2, 0.25) is 5.02 Å². The molecule has 2 nitrogen and oxygen atoms in total. The molecule has 0 radical (unpaired) electrons. The number of amides is 1. The van der Waals surface area contributed by atoms with Crippen LogP contribution in [0.1, 0.15) is 15.9 Å². The summed E-state index contributed by atoms with van der Waals surface area (Å²) in [5.74, 6) is -0.800. The maximum absolute atomic E-state index is 13.2. The van der Waals surface area contributed by atoms with Crippen molar-refractivity contribution >= 4 is 55.1 Å². The summed E-state index contributed by atoms with van der Waals surface area (Å²) in [5, 5.41) is 2.81. The van der Waals surface area contributed by atoms with E-state index in [0.29, 0.717) is 20.2 Å². The summed E-state index contributed by atoms with van der Waals surface area (Å²) in [6.45, 7) is 1.89. The minimum atomic E-state index is -0.475. The number of halogens is 4. The third-order valence-electron chi connectivity index (χ3n) is 2.68. The van der Waals surface area contributed by atoms with E-state index < -0.39 is 5.82 Å². The van der Waals surface area contributed by atoms with E-state index >= 15 is 0 Å². The second kappa shape index (κ2) is 6.24. The summed E-state index contributed by atoms with van der Waals surface area (Å²) < 4.78 is 14.3. The standard InChI is InChI=1S/C14H9Br2ClFNO/c1-7-3-2-4-9(12(7)16)14(20)19-13-10(15)5-8(18)6-11(13)17/h2-6H,1H3,(H,19,20). The Kier molecular flexibility index (Phi) is 4.83. The number of rotatable bonds is 2. The van der Waals surface area contributed by atoms with E-state index in [9.17, 15) is 9.18 Å². The third kappa shape index (κ3) is 3.22. The van der Waals surface area contributed by atoms with Crippen LogP contribution in [0.4, 0.5) is 10.1 Å². The molecule has 0 heterocycles. The number of carbonyl (C=O) groups is 1. The van der Waals surface area contributed by atoms with Gasteiger partial charge in [0.1, 0.15) is 5.82 Å². The highest BCUT2D eigenvalue weighted by Crippen LogP contribution is 2.32. The van der Waals surface area contributed by atoms with Gasteiger partial charge in [-0.15, -0.1) is 0 Å². The molecule has 104 valence electrons. The number of carbonyl (C=O) groups excluding carboxylic acids is 1. The zero-order chi connectivity index (χ0) is 14.9. The first-order chi connectivity index (χ1) is 9.40. The molecule has 0 unspecified atom stereocenters. The summed E-state index contributed by atoms with van der Waals surface area (Å²) in [4.78, 5) is 12.3. The Hall–Kier alpha value is -0.910. The van der Waals surface area contributed by atoms with Gasteiger partial charge in [0, 0.05) is 8.95 Å². The van der Waals surface area contributed by atoms with Crippen LogP contribution in [-0.4, -0.2) is 5.91 Å². The van der Waals surface area contributed by atoms with Crippen molar-refractivity contribution in [3.63, 3.8) is 0 Å². The molecule has 1 amide bonds. The van der Waals surface area contributed by atoms with Gasteiger partial charge >= 0.3 is 0 Å². The highest BCUT2D eigenvalue weighted by atomic mass is 79.9. The van der Waals surface area contributed by atoms with Crippen molar-refractivity contribution in [1.29, 1.82) is 0 Å². The molecule has 20 heavy (non-hydrogen) atoms.